The van der Waals surface area contributed by atoms with E-state index in [1.54, 1.807) is 4.90 Å². The average Bonchev–Trinajstić information content (AvgIpc) is 3.49. The average molecular weight is 487 g/mol. The van der Waals surface area contributed by atoms with E-state index in [1.165, 1.54) is 13.2 Å². The summed E-state index contributed by atoms with van der Waals surface area (Å²) < 4.78 is 34.6. The summed E-state index contributed by atoms with van der Waals surface area (Å²) in [6.07, 6.45) is 2.73. The lowest BCUT2D eigenvalue weighted by atomic mass is 10.0. The molecule has 8 nitrogen and oxygen atoms in total. The number of hydrogen-bond donors (Lipinski definition) is 1. The molecule has 10 heteroatoms. The Balaban J connectivity index is 1.62. The van der Waals surface area contributed by atoms with E-state index in [-0.39, 0.29) is 47.1 Å². The summed E-state index contributed by atoms with van der Waals surface area (Å²) in [7, 11) is 1.32. The van der Waals surface area contributed by atoms with Crippen LogP contribution in [-0.4, -0.2) is 59.5 Å². The Bertz CT molecular complexity index is 1260. The number of ether oxygens (including phenoxy) is 1. The lowest BCUT2D eigenvalue weighted by Crippen LogP contribution is -2.45. The maximum atomic E-state index is 14.1. The van der Waals surface area contributed by atoms with Crippen molar-refractivity contribution in [3.8, 4) is 5.75 Å². The first kappa shape index (κ1) is 23.5. The zero-order valence-corrected chi connectivity index (χ0v) is 19.8. The molecule has 1 N–H and O–H groups in total. The van der Waals surface area contributed by atoms with Crippen molar-refractivity contribution in [3.63, 3.8) is 0 Å². The number of pyridine rings is 1. The van der Waals surface area contributed by atoms with E-state index >= 15 is 0 Å². The maximum Gasteiger partial charge on any atom is 0.274 e. The van der Waals surface area contributed by atoms with Gasteiger partial charge in [0.2, 0.25) is 5.43 Å². The SMILES string of the molecule is CCN1C[C@H]2CC(N3CCCC3)c3c(C(=O)NCc4ccc(F)cc4F)c(=O)c(OC)c(n32)C1=O. The van der Waals surface area contributed by atoms with Crippen molar-refractivity contribution in [2.24, 2.45) is 0 Å². The van der Waals surface area contributed by atoms with E-state index in [4.69, 9.17) is 4.74 Å². The molecule has 2 atom stereocenters. The van der Waals surface area contributed by atoms with Crippen LogP contribution >= 0.6 is 0 Å². The molecule has 0 spiro atoms. The number of rotatable bonds is 6. The molecule has 2 amide bonds. The van der Waals surface area contributed by atoms with E-state index in [1.807, 2.05) is 11.5 Å². The van der Waals surface area contributed by atoms with Gasteiger partial charge in [-0.25, -0.2) is 8.78 Å². The fourth-order valence-corrected chi connectivity index (χ4v) is 5.70. The van der Waals surface area contributed by atoms with Crippen LogP contribution in [0, 0.1) is 11.6 Å². The minimum Gasteiger partial charge on any atom is -0.491 e. The van der Waals surface area contributed by atoms with Gasteiger partial charge in [0.25, 0.3) is 11.8 Å². The number of nitrogens with one attached hydrogen (secondary N) is 1. The van der Waals surface area contributed by atoms with Crippen LogP contribution in [0.2, 0.25) is 0 Å². The molecule has 35 heavy (non-hydrogen) atoms. The van der Waals surface area contributed by atoms with Crippen LogP contribution in [0.1, 0.15) is 70.4 Å². The van der Waals surface area contributed by atoms with Crippen molar-refractivity contribution in [1.29, 1.82) is 0 Å². The van der Waals surface area contributed by atoms with E-state index in [0.717, 1.165) is 38.1 Å². The number of carbonyl (C=O) groups is 2. The van der Waals surface area contributed by atoms with Crippen LogP contribution in [0.25, 0.3) is 0 Å². The molecule has 186 valence electrons. The third-order valence-electron chi connectivity index (χ3n) is 7.35. The molecule has 1 aromatic carbocycles. The van der Waals surface area contributed by atoms with Gasteiger partial charge < -0.3 is 19.5 Å². The van der Waals surface area contributed by atoms with Gasteiger partial charge in [-0.2, -0.15) is 0 Å². The summed E-state index contributed by atoms with van der Waals surface area (Å²) in [5.41, 5.74) is 0.0866. The zero-order valence-electron chi connectivity index (χ0n) is 19.8. The van der Waals surface area contributed by atoms with Gasteiger partial charge in [0, 0.05) is 31.3 Å². The van der Waals surface area contributed by atoms with Gasteiger partial charge >= 0.3 is 0 Å². The summed E-state index contributed by atoms with van der Waals surface area (Å²) in [5, 5.41) is 2.63. The normalized spacial score (nSPS) is 21.4. The van der Waals surface area contributed by atoms with Gasteiger partial charge in [-0.15, -0.1) is 0 Å². The summed E-state index contributed by atoms with van der Waals surface area (Å²) in [6, 6.07) is 2.84. The summed E-state index contributed by atoms with van der Waals surface area (Å²) in [5.74, 6) is -2.61. The number of methoxy groups -OCH3 is 1. The van der Waals surface area contributed by atoms with Gasteiger partial charge in [0.1, 0.15) is 17.2 Å². The van der Waals surface area contributed by atoms with Crippen molar-refractivity contribution in [2.45, 2.75) is 44.8 Å². The number of benzene rings is 1. The van der Waals surface area contributed by atoms with E-state index < -0.39 is 23.0 Å². The van der Waals surface area contributed by atoms with Crippen LogP contribution in [0.3, 0.4) is 0 Å². The van der Waals surface area contributed by atoms with Crippen LogP contribution in [0.5, 0.6) is 5.75 Å². The van der Waals surface area contributed by atoms with E-state index in [2.05, 4.69) is 10.2 Å². The van der Waals surface area contributed by atoms with Crippen molar-refractivity contribution in [2.75, 3.05) is 33.3 Å². The number of aromatic nitrogens is 1. The standard InChI is InChI=1S/C25H28F2N4O4/c1-3-29-13-16-11-18(30-8-4-5-9-30)20-19(22(32)23(35-2)21(25(29)34)31(16)20)24(33)28-12-14-6-7-15(26)10-17(14)27/h6-7,10,16,18H,3-5,8-9,11-13H2,1-2H3,(H,28,33)/t16-,18?/m1/s1. The number of likely N-dealkylation sites (N-methyl/N-ethyl adjacent to an activating group) is 1. The summed E-state index contributed by atoms with van der Waals surface area (Å²) in [4.78, 5) is 44.3. The third-order valence-corrected chi connectivity index (χ3v) is 7.35. The molecule has 1 aromatic heterocycles. The largest absolute Gasteiger partial charge is 0.491 e. The van der Waals surface area contributed by atoms with Crippen molar-refractivity contribution in [3.05, 3.63) is 62.6 Å². The first-order valence-electron chi connectivity index (χ1n) is 12.0. The fourth-order valence-electron chi connectivity index (χ4n) is 5.70. The maximum absolute atomic E-state index is 14.1. The van der Waals surface area contributed by atoms with Crippen molar-refractivity contribution >= 4 is 11.8 Å². The second-order valence-electron chi connectivity index (χ2n) is 9.25. The Kier molecular flexibility index (Phi) is 6.08. The van der Waals surface area contributed by atoms with Crippen LogP contribution in [-0.2, 0) is 6.54 Å². The second kappa shape index (κ2) is 9.07. The highest BCUT2D eigenvalue weighted by Gasteiger charge is 2.47. The highest BCUT2D eigenvalue weighted by molar-refractivity contribution is 6.00. The molecule has 3 aliphatic heterocycles. The predicted octanol–water partition coefficient (Wildman–Crippen LogP) is 2.62. The van der Waals surface area contributed by atoms with Gasteiger partial charge in [0.15, 0.2) is 11.4 Å². The molecular weight excluding hydrogens is 458 g/mol. The molecule has 2 aromatic rings. The van der Waals surface area contributed by atoms with Gasteiger partial charge in [0.05, 0.1) is 24.9 Å². The van der Waals surface area contributed by atoms with Crippen molar-refractivity contribution in [1.82, 2.24) is 19.7 Å². The predicted molar refractivity (Wildman–Crippen MR) is 124 cm³/mol. The fraction of sp³-hybridized carbons (Fsp3) is 0.480. The minimum atomic E-state index is -0.783. The van der Waals surface area contributed by atoms with E-state index in [9.17, 15) is 23.2 Å². The Labute approximate surface area is 201 Å². The number of hydrogen-bond acceptors (Lipinski definition) is 5. The third kappa shape index (κ3) is 3.80. The summed E-state index contributed by atoms with van der Waals surface area (Å²) >= 11 is 0. The number of likely N-dealkylation sites (tertiary alicyclic amines) is 1. The highest BCUT2D eigenvalue weighted by atomic mass is 19.1. The number of amides is 2. The molecule has 0 saturated carbocycles. The Morgan fingerprint density at radius 1 is 1.20 bits per heavy atom. The number of nitrogens with zero attached hydrogens (tertiary/aromatic N) is 3. The topological polar surface area (TPSA) is 83.9 Å². The van der Waals surface area contributed by atoms with Crippen LogP contribution < -0.4 is 15.5 Å². The molecule has 0 radical (unpaired) electrons. The van der Waals surface area contributed by atoms with Gasteiger partial charge in [-0.3, -0.25) is 19.3 Å². The van der Waals surface area contributed by atoms with Gasteiger partial charge in [-0.1, -0.05) is 6.07 Å². The molecule has 1 saturated heterocycles. The molecule has 0 aliphatic carbocycles. The first-order chi connectivity index (χ1) is 16.8. The molecule has 1 unspecified atom stereocenters. The lowest BCUT2D eigenvalue weighted by molar-refractivity contribution is 0.0672. The van der Waals surface area contributed by atoms with Crippen LogP contribution in [0.4, 0.5) is 8.78 Å². The Morgan fingerprint density at radius 3 is 2.60 bits per heavy atom. The van der Waals surface area contributed by atoms with Crippen molar-refractivity contribution < 1.29 is 23.1 Å². The lowest BCUT2D eigenvalue weighted by Gasteiger charge is -2.34. The monoisotopic (exact) mass is 486 g/mol. The van der Waals surface area contributed by atoms with Crippen LogP contribution in [0.15, 0.2) is 23.0 Å². The molecule has 0 bridgehead atoms. The quantitative estimate of drug-likeness (QED) is 0.679. The van der Waals surface area contributed by atoms with Gasteiger partial charge in [-0.05, 0) is 45.3 Å². The molecule has 4 heterocycles. The molecule has 3 aliphatic rings. The molecular formula is C25H28F2N4O4. The Hall–Kier alpha value is -3.27. The Morgan fingerprint density at radius 2 is 1.94 bits per heavy atom. The number of carbonyl (C=O) groups excluding carboxylic acids is 2. The smallest absolute Gasteiger partial charge is 0.274 e. The molecule has 5 rings (SSSR count). The summed E-state index contributed by atoms with van der Waals surface area (Å²) in [6.45, 7) is 4.37. The minimum absolute atomic E-state index is 0.0785. The molecule has 1 fully saturated rings. The van der Waals surface area contributed by atoms with E-state index in [0.29, 0.717) is 25.2 Å². The second-order valence-corrected chi connectivity index (χ2v) is 9.25. The highest BCUT2D eigenvalue weighted by Crippen LogP contribution is 2.45. The zero-order chi connectivity index (χ0) is 24.9. The number of halogens is 2. The first-order valence-corrected chi connectivity index (χ1v) is 12.0.